The Kier molecular flexibility index (Phi) is 4.11. The fourth-order valence-electron chi connectivity index (χ4n) is 2.78. The third kappa shape index (κ3) is 3.24. The molecule has 3 rings (SSSR count). The van der Waals surface area contributed by atoms with Crippen molar-refractivity contribution in [3.63, 3.8) is 0 Å². The van der Waals surface area contributed by atoms with Gasteiger partial charge < -0.3 is 4.90 Å². The van der Waals surface area contributed by atoms with Crippen LogP contribution in [0.3, 0.4) is 0 Å². The van der Waals surface area contributed by atoms with Gasteiger partial charge in [0, 0.05) is 23.9 Å². The predicted octanol–water partition coefficient (Wildman–Crippen LogP) is 3.80. The van der Waals surface area contributed by atoms with Crippen molar-refractivity contribution in [3.05, 3.63) is 70.8 Å². The van der Waals surface area contributed by atoms with Crippen LogP contribution in [0, 0.1) is 6.92 Å². The molecule has 23 heavy (non-hydrogen) atoms. The molecule has 1 heterocycles. The van der Waals surface area contributed by atoms with E-state index < -0.39 is 0 Å². The lowest BCUT2D eigenvalue weighted by Gasteiger charge is -2.15. The number of fused-ring (bicyclic) bond motifs is 1. The lowest BCUT2D eigenvalue weighted by Crippen LogP contribution is -2.26. The van der Waals surface area contributed by atoms with Crippen molar-refractivity contribution in [1.29, 1.82) is 0 Å². The van der Waals surface area contributed by atoms with E-state index in [0.717, 1.165) is 23.2 Å². The molecular weight excluding hydrogens is 286 g/mol. The number of rotatable bonds is 3. The molecule has 0 radical (unpaired) electrons. The largest absolute Gasteiger partial charge is 0.308 e. The first kappa shape index (κ1) is 15.2. The number of ketones is 1. The average molecular weight is 305 g/mol. The summed E-state index contributed by atoms with van der Waals surface area (Å²) in [6, 6.07) is 13.6. The second-order valence-corrected chi connectivity index (χ2v) is 5.88. The van der Waals surface area contributed by atoms with Crippen LogP contribution in [0.25, 0.3) is 6.08 Å². The first-order chi connectivity index (χ1) is 11.0. The zero-order chi connectivity index (χ0) is 16.4. The molecule has 0 N–H and O–H groups in total. The van der Waals surface area contributed by atoms with Crippen LogP contribution in [-0.2, 0) is 11.2 Å². The number of hydrogen-bond donors (Lipinski definition) is 0. The molecule has 0 saturated carbocycles. The third-order valence-corrected chi connectivity index (χ3v) is 4.14. The summed E-state index contributed by atoms with van der Waals surface area (Å²) in [6.45, 7) is 4.26. The molecule has 2 aromatic carbocycles. The van der Waals surface area contributed by atoms with E-state index in [1.54, 1.807) is 24.0 Å². The summed E-state index contributed by atoms with van der Waals surface area (Å²) >= 11 is 0. The van der Waals surface area contributed by atoms with Gasteiger partial charge >= 0.3 is 0 Å². The maximum atomic E-state index is 12.4. The Hall–Kier alpha value is -2.68. The highest BCUT2D eigenvalue weighted by atomic mass is 16.2. The van der Waals surface area contributed by atoms with E-state index in [1.807, 2.05) is 49.4 Å². The minimum absolute atomic E-state index is 0.0279. The number of carbonyl (C=O) groups excluding carboxylic acids is 2. The molecule has 116 valence electrons. The first-order valence-corrected chi connectivity index (χ1v) is 7.75. The minimum Gasteiger partial charge on any atom is -0.308 e. The molecule has 0 spiro atoms. The van der Waals surface area contributed by atoms with Gasteiger partial charge in [0.1, 0.15) is 0 Å². The number of carbonyl (C=O) groups is 2. The third-order valence-electron chi connectivity index (χ3n) is 4.14. The molecule has 0 aromatic heterocycles. The summed E-state index contributed by atoms with van der Waals surface area (Å²) in [4.78, 5) is 25.7. The number of amides is 1. The van der Waals surface area contributed by atoms with E-state index in [1.165, 1.54) is 5.56 Å². The van der Waals surface area contributed by atoms with Gasteiger partial charge in [0.15, 0.2) is 5.78 Å². The van der Waals surface area contributed by atoms with Crippen LogP contribution < -0.4 is 4.90 Å². The molecule has 0 fully saturated rings. The summed E-state index contributed by atoms with van der Waals surface area (Å²) in [5.41, 5.74) is 4.88. The number of benzene rings is 2. The number of hydrogen-bond acceptors (Lipinski definition) is 2. The van der Waals surface area contributed by atoms with Gasteiger partial charge in [0.25, 0.3) is 5.91 Å². The van der Waals surface area contributed by atoms with Gasteiger partial charge in [-0.1, -0.05) is 29.8 Å². The number of anilines is 1. The monoisotopic (exact) mass is 305 g/mol. The molecule has 1 amide bonds. The summed E-state index contributed by atoms with van der Waals surface area (Å²) in [5.74, 6) is 0.0248. The standard InChI is InChI=1S/C20H19NO2/c1-14-3-5-16(6-4-14)7-10-20(23)21-12-11-18-13-17(15(2)22)8-9-19(18)21/h3-10,13H,11-12H2,1-2H3/b10-7+. The molecule has 0 bridgehead atoms. The molecule has 1 aliphatic rings. The van der Waals surface area contributed by atoms with Gasteiger partial charge in [-0.3, -0.25) is 9.59 Å². The fourth-order valence-corrected chi connectivity index (χ4v) is 2.78. The Morgan fingerprint density at radius 2 is 1.83 bits per heavy atom. The number of nitrogens with zero attached hydrogens (tertiary/aromatic N) is 1. The summed E-state index contributed by atoms with van der Waals surface area (Å²) in [7, 11) is 0. The van der Waals surface area contributed by atoms with Crippen molar-refractivity contribution < 1.29 is 9.59 Å². The van der Waals surface area contributed by atoms with E-state index in [4.69, 9.17) is 0 Å². The van der Waals surface area contributed by atoms with E-state index in [2.05, 4.69) is 0 Å². The zero-order valence-corrected chi connectivity index (χ0v) is 13.4. The van der Waals surface area contributed by atoms with E-state index in [-0.39, 0.29) is 11.7 Å². The van der Waals surface area contributed by atoms with Gasteiger partial charge in [0.05, 0.1) is 0 Å². The lowest BCUT2D eigenvalue weighted by molar-refractivity contribution is -0.114. The molecule has 3 heteroatoms. The molecule has 0 atom stereocenters. The second kappa shape index (κ2) is 6.21. The molecular formula is C20H19NO2. The Morgan fingerprint density at radius 3 is 2.52 bits per heavy atom. The van der Waals surface area contributed by atoms with Crippen LogP contribution in [0.5, 0.6) is 0 Å². The van der Waals surface area contributed by atoms with Crippen molar-refractivity contribution in [2.75, 3.05) is 11.4 Å². The Balaban J connectivity index is 1.78. The van der Waals surface area contributed by atoms with Gasteiger partial charge in [-0.05, 0) is 55.7 Å². The zero-order valence-electron chi connectivity index (χ0n) is 13.4. The van der Waals surface area contributed by atoms with E-state index in [9.17, 15) is 9.59 Å². The summed E-state index contributed by atoms with van der Waals surface area (Å²) < 4.78 is 0. The van der Waals surface area contributed by atoms with Crippen molar-refractivity contribution in [1.82, 2.24) is 0 Å². The quantitative estimate of drug-likeness (QED) is 0.639. The van der Waals surface area contributed by atoms with Gasteiger partial charge in [0.2, 0.25) is 0 Å². The summed E-state index contributed by atoms with van der Waals surface area (Å²) in [5, 5.41) is 0. The van der Waals surface area contributed by atoms with Crippen molar-refractivity contribution >= 4 is 23.5 Å². The minimum atomic E-state index is -0.0279. The molecule has 1 aliphatic heterocycles. The number of Topliss-reactive ketones (excluding diaryl/α,β-unsaturated/α-hetero) is 1. The highest BCUT2D eigenvalue weighted by Crippen LogP contribution is 2.29. The Bertz CT molecular complexity index is 788. The van der Waals surface area contributed by atoms with E-state index in [0.29, 0.717) is 12.1 Å². The normalized spacial score (nSPS) is 13.4. The molecule has 2 aromatic rings. The van der Waals surface area contributed by atoms with Gasteiger partial charge in [-0.2, -0.15) is 0 Å². The predicted molar refractivity (Wildman–Crippen MR) is 92.7 cm³/mol. The van der Waals surface area contributed by atoms with Crippen LogP contribution in [0.1, 0.15) is 34.0 Å². The highest BCUT2D eigenvalue weighted by molar-refractivity contribution is 6.05. The first-order valence-electron chi connectivity index (χ1n) is 7.75. The average Bonchev–Trinajstić information content (AvgIpc) is 2.97. The summed E-state index contributed by atoms with van der Waals surface area (Å²) in [6.07, 6.45) is 4.24. The van der Waals surface area contributed by atoms with Crippen molar-refractivity contribution in [2.45, 2.75) is 20.3 Å². The molecule has 0 aliphatic carbocycles. The Morgan fingerprint density at radius 1 is 1.09 bits per heavy atom. The number of aryl methyl sites for hydroxylation is 1. The van der Waals surface area contributed by atoms with Crippen LogP contribution in [0.15, 0.2) is 48.5 Å². The van der Waals surface area contributed by atoms with Crippen LogP contribution >= 0.6 is 0 Å². The second-order valence-electron chi connectivity index (χ2n) is 5.88. The maximum absolute atomic E-state index is 12.4. The smallest absolute Gasteiger partial charge is 0.251 e. The highest BCUT2D eigenvalue weighted by Gasteiger charge is 2.23. The van der Waals surface area contributed by atoms with Gasteiger partial charge in [-0.25, -0.2) is 0 Å². The fraction of sp³-hybridized carbons (Fsp3) is 0.200. The lowest BCUT2D eigenvalue weighted by atomic mass is 10.1. The van der Waals surface area contributed by atoms with Crippen molar-refractivity contribution in [3.8, 4) is 0 Å². The van der Waals surface area contributed by atoms with Crippen LogP contribution in [0.2, 0.25) is 0 Å². The van der Waals surface area contributed by atoms with E-state index >= 15 is 0 Å². The van der Waals surface area contributed by atoms with Crippen LogP contribution in [0.4, 0.5) is 5.69 Å². The van der Waals surface area contributed by atoms with Crippen LogP contribution in [-0.4, -0.2) is 18.2 Å². The maximum Gasteiger partial charge on any atom is 0.251 e. The SMILES string of the molecule is CC(=O)c1ccc2c(c1)CCN2C(=O)/C=C/c1ccc(C)cc1. The van der Waals surface area contributed by atoms with Gasteiger partial charge in [-0.15, -0.1) is 0 Å². The molecule has 0 saturated heterocycles. The van der Waals surface area contributed by atoms with Crippen molar-refractivity contribution in [2.24, 2.45) is 0 Å². The topological polar surface area (TPSA) is 37.4 Å². The molecule has 3 nitrogen and oxygen atoms in total. The molecule has 0 unspecified atom stereocenters. The Labute approximate surface area is 136 Å².